The smallest absolute Gasteiger partial charge is 0.275 e. The molecule has 5 nitrogen and oxygen atoms in total. The van der Waals surface area contributed by atoms with Crippen molar-refractivity contribution in [3.05, 3.63) is 23.9 Å². The Hall–Kier alpha value is -1.69. The molecule has 0 atom stereocenters. The van der Waals surface area contributed by atoms with Gasteiger partial charge in [0.2, 0.25) is 0 Å². The molecular formula is C12H14N4OS. The fourth-order valence-corrected chi connectivity index (χ4v) is 3.01. The Kier molecular flexibility index (Phi) is 2.87. The van der Waals surface area contributed by atoms with Crippen LogP contribution in [0.3, 0.4) is 0 Å². The lowest BCUT2D eigenvalue weighted by Gasteiger charge is -2.25. The molecule has 1 aromatic heterocycles. The number of H-pyrrole nitrogens is 1. The number of nitrogens with one attached hydrogen (secondary N) is 1. The van der Waals surface area contributed by atoms with Crippen molar-refractivity contribution in [2.75, 3.05) is 30.3 Å². The third kappa shape index (κ3) is 1.92. The first-order valence-corrected chi connectivity index (χ1v) is 7.02. The number of nitrogens with zero attached hydrogens (tertiary/aromatic N) is 2. The van der Waals surface area contributed by atoms with E-state index in [1.165, 1.54) is 0 Å². The number of thioether (sulfide) groups is 1. The SMILES string of the molecule is Nc1ccc2[nH]nc(C(=O)N3CCSCC3)c2c1. The monoisotopic (exact) mass is 262 g/mol. The van der Waals surface area contributed by atoms with Crippen LogP contribution in [0.25, 0.3) is 10.9 Å². The molecule has 6 heteroatoms. The molecule has 0 saturated carbocycles. The summed E-state index contributed by atoms with van der Waals surface area (Å²) >= 11 is 1.88. The van der Waals surface area contributed by atoms with E-state index in [1.54, 1.807) is 12.1 Å². The largest absolute Gasteiger partial charge is 0.399 e. The summed E-state index contributed by atoms with van der Waals surface area (Å²) < 4.78 is 0. The lowest BCUT2D eigenvalue weighted by Crippen LogP contribution is -2.38. The minimum atomic E-state index is -0.00727. The highest BCUT2D eigenvalue weighted by Gasteiger charge is 2.22. The molecule has 1 aliphatic rings. The van der Waals surface area contributed by atoms with E-state index in [4.69, 9.17) is 5.73 Å². The molecule has 1 fully saturated rings. The van der Waals surface area contributed by atoms with Crippen LogP contribution in [0, 0.1) is 0 Å². The topological polar surface area (TPSA) is 75.0 Å². The Morgan fingerprint density at radius 1 is 1.39 bits per heavy atom. The molecule has 1 aromatic carbocycles. The number of fused-ring (bicyclic) bond motifs is 1. The van der Waals surface area contributed by atoms with Gasteiger partial charge in [0.15, 0.2) is 5.69 Å². The number of amides is 1. The molecule has 2 heterocycles. The van der Waals surface area contributed by atoms with Crippen LogP contribution < -0.4 is 5.73 Å². The number of rotatable bonds is 1. The number of nitrogens with two attached hydrogens (primary N) is 1. The quantitative estimate of drug-likeness (QED) is 0.760. The highest BCUT2D eigenvalue weighted by molar-refractivity contribution is 7.99. The predicted octanol–water partition coefficient (Wildman–Crippen LogP) is 1.33. The molecule has 18 heavy (non-hydrogen) atoms. The van der Waals surface area contributed by atoms with Crippen LogP contribution >= 0.6 is 11.8 Å². The van der Waals surface area contributed by atoms with Crippen molar-refractivity contribution in [1.29, 1.82) is 0 Å². The molecule has 1 amide bonds. The maximum absolute atomic E-state index is 12.4. The fourth-order valence-electron chi connectivity index (χ4n) is 2.11. The van der Waals surface area contributed by atoms with Crippen LogP contribution in [-0.2, 0) is 0 Å². The zero-order valence-electron chi connectivity index (χ0n) is 9.85. The van der Waals surface area contributed by atoms with Crippen LogP contribution in [0.1, 0.15) is 10.5 Å². The summed E-state index contributed by atoms with van der Waals surface area (Å²) in [6.07, 6.45) is 0. The van der Waals surface area contributed by atoms with E-state index in [1.807, 2.05) is 22.7 Å². The van der Waals surface area contributed by atoms with Gasteiger partial charge in [-0.25, -0.2) is 0 Å². The third-order valence-corrected chi connectivity index (χ3v) is 4.03. The van der Waals surface area contributed by atoms with Crippen molar-refractivity contribution in [3.8, 4) is 0 Å². The molecule has 1 aliphatic heterocycles. The molecule has 94 valence electrons. The first-order chi connectivity index (χ1) is 8.75. The van der Waals surface area contributed by atoms with Crippen LogP contribution in [0.4, 0.5) is 5.69 Å². The molecule has 3 N–H and O–H groups in total. The molecule has 0 radical (unpaired) electrons. The summed E-state index contributed by atoms with van der Waals surface area (Å²) in [4.78, 5) is 14.2. The summed E-state index contributed by atoms with van der Waals surface area (Å²) in [7, 11) is 0. The minimum Gasteiger partial charge on any atom is -0.399 e. The first-order valence-electron chi connectivity index (χ1n) is 5.86. The van der Waals surface area contributed by atoms with E-state index in [0.717, 1.165) is 35.5 Å². The van der Waals surface area contributed by atoms with Crippen LogP contribution in [-0.4, -0.2) is 45.6 Å². The Bertz CT molecular complexity index is 589. The van der Waals surface area contributed by atoms with Crippen LogP contribution in [0.2, 0.25) is 0 Å². The summed E-state index contributed by atoms with van der Waals surface area (Å²) in [6.45, 7) is 1.58. The maximum atomic E-state index is 12.4. The second kappa shape index (κ2) is 4.53. The van der Waals surface area contributed by atoms with Gasteiger partial charge < -0.3 is 10.6 Å². The van der Waals surface area contributed by atoms with Crippen molar-refractivity contribution in [2.24, 2.45) is 0 Å². The van der Waals surface area contributed by atoms with Crippen LogP contribution in [0.5, 0.6) is 0 Å². The van der Waals surface area contributed by atoms with E-state index >= 15 is 0 Å². The summed E-state index contributed by atoms with van der Waals surface area (Å²) in [5.74, 6) is 1.99. The van der Waals surface area contributed by atoms with Gasteiger partial charge in [-0.15, -0.1) is 0 Å². The van der Waals surface area contributed by atoms with E-state index in [0.29, 0.717) is 11.4 Å². The zero-order valence-corrected chi connectivity index (χ0v) is 10.7. The molecular weight excluding hydrogens is 248 g/mol. The number of benzene rings is 1. The van der Waals surface area contributed by atoms with E-state index < -0.39 is 0 Å². The van der Waals surface area contributed by atoms with Gasteiger partial charge in [0.05, 0.1) is 5.52 Å². The van der Waals surface area contributed by atoms with Gasteiger partial charge in [-0.3, -0.25) is 9.89 Å². The van der Waals surface area contributed by atoms with Gasteiger partial charge in [0.25, 0.3) is 5.91 Å². The lowest BCUT2D eigenvalue weighted by atomic mass is 10.1. The van der Waals surface area contributed by atoms with E-state index in [-0.39, 0.29) is 5.91 Å². The van der Waals surface area contributed by atoms with Crippen molar-refractivity contribution < 1.29 is 4.79 Å². The number of carbonyl (C=O) groups excluding carboxylic acids is 1. The number of carbonyl (C=O) groups is 1. The number of hydrogen-bond donors (Lipinski definition) is 2. The van der Waals surface area contributed by atoms with Gasteiger partial charge in [0.1, 0.15) is 0 Å². The molecule has 2 aromatic rings. The van der Waals surface area contributed by atoms with Crippen molar-refractivity contribution in [3.63, 3.8) is 0 Å². The minimum absolute atomic E-state index is 0.00727. The van der Waals surface area contributed by atoms with E-state index in [2.05, 4.69) is 10.2 Å². The van der Waals surface area contributed by atoms with Gasteiger partial charge >= 0.3 is 0 Å². The Balaban J connectivity index is 1.98. The van der Waals surface area contributed by atoms with Gasteiger partial charge in [-0.1, -0.05) is 0 Å². The molecule has 0 bridgehead atoms. The third-order valence-electron chi connectivity index (χ3n) is 3.09. The Labute approximate surface area is 109 Å². The maximum Gasteiger partial charge on any atom is 0.275 e. The second-order valence-corrected chi connectivity index (χ2v) is 5.51. The molecule has 1 saturated heterocycles. The lowest BCUT2D eigenvalue weighted by molar-refractivity contribution is 0.0768. The van der Waals surface area contributed by atoms with Crippen LogP contribution in [0.15, 0.2) is 18.2 Å². The number of aromatic amines is 1. The Morgan fingerprint density at radius 3 is 2.94 bits per heavy atom. The molecule has 3 rings (SSSR count). The molecule has 0 spiro atoms. The number of nitrogen functional groups attached to an aromatic ring is 1. The van der Waals surface area contributed by atoms with Gasteiger partial charge in [-0.05, 0) is 18.2 Å². The first kappa shape index (κ1) is 11.4. The number of anilines is 1. The van der Waals surface area contributed by atoms with Crippen molar-refractivity contribution in [1.82, 2.24) is 15.1 Å². The summed E-state index contributed by atoms with van der Waals surface area (Å²) in [5.41, 5.74) is 7.73. The number of hydrogen-bond acceptors (Lipinski definition) is 4. The summed E-state index contributed by atoms with van der Waals surface area (Å²) in [5, 5.41) is 7.81. The zero-order chi connectivity index (χ0) is 12.5. The average Bonchev–Trinajstić information content (AvgIpc) is 2.82. The van der Waals surface area contributed by atoms with Gasteiger partial charge in [0, 0.05) is 35.7 Å². The summed E-state index contributed by atoms with van der Waals surface area (Å²) in [6, 6.07) is 5.44. The van der Waals surface area contributed by atoms with Gasteiger partial charge in [-0.2, -0.15) is 16.9 Å². The average molecular weight is 262 g/mol. The highest BCUT2D eigenvalue weighted by atomic mass is 32.2. The second-order valence-electron chi connectivity index (χ2n) is 4.28. The van der Waals surface area contributed by atoms with Crippen molar-refractivity contribution >= 4 is 34.3 Å². The molecule has 0 aliphatic carbocycles. The van der Waals surface area contributed by atoms with E-state index in [9.17, 15) is 4.79 Å². The standard InChI is InChI=1S/C12H14N4OS/c13-8-1-2-10-9(7-8)11(15-14-10)12(17)16-3-5-18-6-4-16/h1-2,7H,3-6,13H2,(H,14,15). The van der Waals surface area contributed by atoms with Crippen molar-refractivity contribution in [2.45, 2.75) is 0 Å². The number of aromatic nitrogens is 2. The highest BCUT2D eigenvalue weighted by Crippen LogP contribution is 2.21. The predicted molar refractivity (Wildman–Crippen MR) is 73.7 cm³/mol. The Morgan fingerprint density at radius 2 is 2.17 bits per heavy atom. The normalized spacial score (nSPS) is 16.1. The molecule has 0 unspecified atom stereocenters. The fraction of sp³-hybridized carbons (Fsp3) is 0.333.